The Morgan fingerprint density at radius 2 is 1.88 bits per heavy atom. The molecule has 0 saturated heterocycles. The van der Waals surface area contributed by atoms with Crippen LogP contribution in [0, 0.1) is 5.92 Å². The lowest BCUT2D eigenvalue weighted by Gasteiger charge is -2.29. The quantitative estimate of drug-likeness (QED) is 0.434. The molecule has 2 N–H and O–H groups in total. The summed E-state index contributed by atoms with van der Waals surface area (Å²) in [5, 5.41) is 6.29. The molecular formula is C20H38N2O3. The Hall–Kier alpha value is -1.07. The molecule has 1 aliphatic rings. The summed E-state index contributed by atoms with van der Waals surface area (Å²) >= 11 is 0. The van der Waals surface area contributed by atoms with Crippen molar-refractivity contribution in [2.24, 2.45) is 5.92 Å². The van der Waals surface area contributed by atoms with Crippen LogP contribution in [0.1, 0.15) is 65.7 Å². The fourth-order valence-corrected chi connectivity index (χ4v) is 2.98. The first kappa shape index (κ1) is 22.0. The molecule has 5 nitrogen and oxygen atoms in total. The van der Waals surface area contributed by atoms with Crippen LogP contribution < -0.4 is 10.6 Å². The summed E-state index contributed by atoms with van der Waals surface area (Å²) in [6.45, 7) is 13.0. The van der Waals surface area contributed by atoms with E-state index in [2.05, 4.69) is 17.2 Å². The molecular weight excluding hydrogens is 316 g/mol. The van der Waals surface area contributed by atoms with Gasteiger partial charge in [0.15, 0.2) is 0 Å². The molecule has 0 aromatic heterocycles. The molecule has 0 aromatic carbocycles. The third-order valence-corrected chi connectivity index (χ3v) is 4.35. The highest BCUT2D eigenvalue weighted by Crippen LogP contribution is 2.26. The van der Waals surface area contributed by atoms with Crippen LogP contribution in [0.3, 0.4) is 0 Å². The van der Waals surface area contributed by atoms with Crippen molar-refractivity contribution in [3.63, 3.8) is 0 Å². The van der Waals surface area contributed by atoms with Gasteiger partial charge in [0.2, 0.25) is 0 Å². The zero-order valence-electron chi connectivity index (χ0n) is 16.4. The normalized spacial score (nSPS) is 20.9. The molecule has 1 fully saturated rings. The van der Waals surface area contributed by atoms with Crippen molar-refractivity contribution < 1.29 is 14.3 Å². The molecule has 1 saturated carbocycles. The Labute approximate surface area is 153 Å². The summed E-state index contributed by atoms with van der Waals surface area (Å²) < 4.78 is 11.3. The van der Waals surface area contributed by atoms with Gasteiger partial charge in [-0.25, -0.2) is 4.79 Å². The third kappa shape index (κ3) is 12.0. The molecule has 1 aliphatic carbocycles. The molecule has 1 rings (SSSR count). The molecule has 0 bridgehead atoms. The predicted octanol–water partition coefficient (Wildman–Crippen LogP) is 4.03. The van der Waals surface area contributed by atoms with Crippen molar-refractivity contribution in [3.05, 3.63) is 12.7 Å². The van der Waals surface area contributed by atoms with E-state index < -0.39 is 5.60 Å². The first-order valence-electron chi connectivity index (χ1n) is 9.81. The fraction of sp³-hybridized carbons (Fsp3) is 0.850. The molecule has 0 unspecified atom stereocenters. The minimum absolute atomic E-state index is 0.312. The van der Waals surface area contributed by atoms with Crippen molar-refractivity contribution in [1.29, 1.82) is 0 Å². The average Bonchev–Trinajstić information content (AvgIpc) is 2.55. The number of unbranched alkanes of at least 4 members (excludes halogenated alkanes) is 1. The summed E-state index contributed by atoms with van der Waals surface area (Å²) in [7, 11) is 0. The molecule has 0 aliphatic heterocycles. The highest BCUT2D eigenvalue weighted by Gasteiger charge is 2.23. The molecule has 0 aromatic rings. The lowest BCUT2D eigenvalue weighted by molar-refractivity contribution is 0.0155. The van der Waals surface area contributed by atoms with Crippen LogP contribution >= 0.6 is 0 Å². The molecule has 146 valence electrons. The van der Waals surface area contributed by atoms with Crippen molar-refractivity contribution in [2.75, 3.05) is 26.2 Å². The lowest BCUT2D eigenvalue weighted by atomic mass is 9.87. The van der Waals surface area contributed by atoms with Gasteiger partial charge < -0.3 is 20.1 Å². The SMILES string of the molecule is C=CCCNCCCCOC1CCC(CNC(=O)OC(C)(C)C)CC1. The summed E-state index contributed by atoms with van der Waals surface area (Å²) in [5.74, 6) is 0.543. The van der Waals surface area contributed by atoms with E-state index in [9.17, 15) is 4.79 Å². The van der Waals surface area contributed by atoms with Crippen LogP contribution in [0.15, 0.2) is 12.7 Å². The van der Waals surface area contributed by atoms with Crippen LogP contribution in [0.5, 0.6) is 0 Å². The largest absolute Gasteiger partial charge is 0.444 e. The number of hydrogen-bond acceptors (Lipinski definition) is 4. The standard InChI is InChI=1S/C20H38N2O3/c1-5-6-13-21-14-7-8-15-24-18-11-9-17(10-12-18)16-22-19(23)25-20(2,3)4/h5,17-18,21H,1,6-16H2,2-4H3,(H,22,23). The Bertz CT molecular complexity index is 372. The molecule has 0 spiro atoms. The summed E-state index contributed by atoms with van der Waals surface area (Å²) in [4.78, 5) is 11.7. The van der Waals surface area contributed by atoms with E-state index in [0.717, 1.165) is 64.6 Å². The van der Waals surface area contributed by atoms with E-state index in [1.807, 2.05) is 26.8 Å². The molecule has 25 heavy (non-hydrogen) atoms. The highest BCUT2D eigenvalue weighted by atomic mass is 16.6. The number of carbonyl (C=O) groups excluding carboxylic acids is 1. The van der Waals surface area contributed by atoms with Crippen LogP contribution in [0.25, 0.3) is 0 Å². The van der Waals surface area contributed by atoms with Gasteiger partial charge in [-0.3, -0.25) is 0 Å². The fourth-order valence-electron chi connectivity index (χ4n) is 2.98. The first-order valence-corrected chi connectivity index (χ1v) is 9.81. The second-order valence-corrected chi connectivity index (χ2v) is 7.93. The van der Waals surface area contributed by atoms with Gasteiger partial charge in [0.25, 0.3) is 0 Å². The third-order valence-electron chi connectivity index (χ3n) is 4.35. The number of hydrogen-bond donors (Lipinski definition) is 2. The Kier molecular flexibility index (Phi) is 10.8. The van der Waals surface area contributed by atoms with Crippen molar-refractivity contribution in [2.45, 2.75) is 77.4 Å². The summed E-state index contributed by atoms with van der Waals surface area (Å²) in [6.07, 6.45) is 9.74. The van der Waals surface area contributed by atoms with Crippen LogP contribution in [-0.4, -0.2) is 44.0 Å². The minimum Gasteiger partial charge on any atom is -0.444 e. The maximum atomic E-state index is 11.7. The van der Waals surface area contributed by atoms with E-state index in [1.165, 1.54) is 0 Å². The Morgan fingerprint density at radius 3 is 2.52 bits per heavy atom. The van der Waals surface area contributed by atoms with Crippen LogP contribution in [-0.2, 0) is 9.47 Å². The van der Waals surface area contributed by atoms with Gasteiger partial charge in [-0.15, -0.1) is 6.58 Å². The van der Waals surface area contributed by atoms with Crippen LogP contribution in [0.4, 0.5) is 4.79 Å². The van der Waals surface area contributed by atoms with Gasteiger partial charge in [0.05, 0.1) is 6.10 Å². The van der Waals surface area contributed by atoms with Crippen molar-refractivity contribution >= 4 is 6.09 Å². The summed E-state index contributed by atoms with van der Waals surface area (Å²) in [5.41, 5.74) is -0.434. The van der Waals surface area contributed by atoms with Gasteiger partial charge in [-0.05, 0) is 84.7 Å². The molecule has 0 heterocycles. The maximum absolute atomic E-state index is 11.7. The second kappa shape index (κ2) is 12.3. The van der Waals surface area contributed by atoms with Crippen LogP contribution in [0.2, 0.25) is 0 Å². The Morgan fingerprint density at radius 1 is 1.16 bits per heavy atom. The molecule has 0 atom stereocenters. The van der Waals surface area contributed by atoms with Gasteiger partial charge in [0, 0.05) is 13.2 Å². The van der Waals surface area contributed by atoms with E-state index in [-0.39, 0.29) is 6.09 Å². The van der Waals surface area contributed by atoms with E-state index in [0.29, 0.717) is 18.6 Å². The molecule has 0 radical (unpaired) electrons. The number of nitrogens with one attached hydrogen (secondary N) is 2. The monoisotopic (exact) mass is 354 g/mol. The van der Waals surface area contributed by atoms with Gasteiger partial charge >= 0.3 is 6.09 Å². The van der Waals surface area contributed by atoms with Gasteiger partial charge in [-0.2, -0.15) is 0 Å². The topological polar surface area (TPSA) is 59.6 Å². The van der Waals surface area contributed by atoms with Crippen molar-refractivity contribution in [1.82, 2.24) is 10.6 Å². The van der Waals surface area contributed by atoms with E-state index in [4.69, 9.17) is 9.47 Å². The highest BCUT2D eigenvalue weighted by molar-refractivity contribution is 5.67. The maximum Gasteiger partial charge on any atom is 0.407 e. The first-order chi connectivity index (χ1) is 11.9. The Balaban J connectivity index is 1.99. The zero-order valence-corrected chi connectivity index (χ0v) is 16.4. The number of carbonyl (C=O) groups is 1. The molecule has 5 heteroatoms. The zero-order chi connectivity index (χ0) is 18.5. The lowest BCUT2D eigenvalue weighted by Crippen LogP contribution is -2.36. The number of alkyl carbamates (subject to hydrolysis) is 1. The van der Waals surface area contributed by atoms with Gasteiger partial charge in [-0.1, -0.05) is 6.08 Å². The predicted molar refractivity (Wildman–Crippen MR) is 103 cm³/mol. The number of ether oxygens (including phenoxy) is 2. The van der Waals surface area contributed by atoms with Crippen molar-refractivity contribution in [3.8, 4) is 0 Å². The second-order valence-electron chi connectivity index (χ2n) is 7.93. The minimum atomic E-state index is -0.434. The summed E-state index contributed by atoms with van der Waals surface area (Å²) in [6, 6.07) is 0. The number of amides is 1. The van der Waals surface area contributed by atoms with E-state index in [1.54, 1.807) is 0 Å². The van der Waals surface area contributed by atoms with Gasteiger partial charge in [0.1, 0.15) is 5.60 Å². The van der Waals surface area contributed by atoms with E-state index >= 15 is 0 Å². The average molecular weight is 355 g/mol. The smallest absolute Gasteiger partial charge is 0.407 e. The number of rotatable bonds is 11. The molecule has 1 amide bonds.